The highest BCUT2D eigenvalue weighted by Crippen LogP contribution is 2.57. The van der Waals surface area contributed by atoms with Gasteiger partial charge in [-0.05, 0) is 19.1 Å². The fourth-order valence-electron chi connectivity index (χ4n) is 2.01. The highest BCUT2D eigenvalue weighted by Gasteiger charge is 2.34. The predicted molar refractivity (Wildman–Crippen MR) is 73.7 cm³/mol. The first-order valence-corrected chi connectivity index (χ1v) is 7.51. The van der Waals surface area contributed by atoms with Crippen LogP contribution >= 0.6 is 7.60 Å². The number of quaternary nitrogens is 1. The third-order valence-corrected chi connectivity index (χ3v) is 4.31. The van der Waals surface area contributed by atoms with Gasteiger partial charge in [-0.2, -0.15) is 0 Å². The summed E-state index contributed by atoms with van der Waals surface area (Å²) in [4.78, 5) is 9.92. The lowest BCUT2D eigenvalue weighted by molar-refractivity contribution is -0.719. The van der Waals surface area contributed by atoms with Crippen LogP contribution in [0.4, 0.5) is 5.69 Å². The molecular formula is C12H19N2O5P. The maximum Gasteiger partial charge on any atom is 0.361 e. The largest absolute Gasteiger partial charge is 0.870 e. The monoisotopic (exact) mass is 302 g/mol. The quantitative estimate of drug-likeness (QED) is 0.490. The summed E-state index contributed by atoms with van der Waals surface area (Å²) < 4.78 is 22.4. The second-order valence-electron chi connectivity index (χ2n) is 4.16. The second-order valence-corrected chi connectivity index (χ2v) is 6.05. The molecule has 1 unspecified atom stereocenters. The van der Waals surface area contributed by atoms with Crippen LogP contribution < -0.4 is 10.2 Å². The van der Waals surface area contributed by atoms with E-state index >= 15 is 0 Å². The van der Waals surface area contributed by atoms with E-state index in [2.05, 4.69) is 0 Å². The van der Waals surface area contributed by atoms with Crippen LogP contribution in [0.1, 0.15) is 12.5 Å². The molecule has 1 atom stereocenters. The normalized spacial score (nSPS) is 16.6. The summed E-state index contributed by atoms with van der Waals surface area (Å²) in [5, 5.41) is 2.00. The van der Waals surface area contributed by atoms with Crippen LogP contribution in [0.25, 0.3) is 5.31 Å². The maximum atomic E-state index is 12.1. The van der Waals surface area contributed by atoms with Crippen molar-refractivity contribution in [3.05, 3.63) is 30.0 Å². The number of hydrogen-bond donors (Lipinski definition) is 2. The van der Waals surface area contributed by atoms with E-state index in [-0.39, 0.29) is 10.8 Å². The fourth-order valence-corrected chi connectivity index (χ4v) is 3.03. The summed E-state index contributed by atoms with van der Waals surface area (Å²) in [5.74, 6) is 0.688. The van der Waals surface area contributed by atoms with Crippen LogP contribution in [0.2, 0.25) is 0 Å². The van der Waals surface area contributed by atoms with Gasteiger partial charge in [0.25, 0.3) is 0 Å². The Morgan fingerprint density at radius 1 is 1.45 bits per heavy atom. The molecule has 7 nitrogen and oxygen atoms in total. The Balaban J connectivity index is 0.00000200. The molecule has 1 aromatic rings. The first kappa shape index (κ1) is 16.7. The zero-order chi connectivity index (χ0) is 14.0. The minimum atomic E-state index is -3.81. The van der Waals surface area contributed by atoms with Crippen molar-refractivity contribution in [3.8, 4) is 5.75 Å². The number of hydrogen-bond acceptors (Lipinski definition) is 5. The molecule has 1 aliphatic heterocycles. The SMILES string of the molecule is CCOc1cccc2c1[NH2+]N(C)C=C2P(=O)(O)OC.[OH-]. The Morgan fingerprint density at radius 2 is 2.15 bits per heavy atom. The molecule has 1 aromatic carbocycles. The molecular weight excluding hydrogens is 283 g/mol. The Bertz CT molecular complexity index is 561. The molecule has 0 spiro atoms. The van der Waals surface area contributed by atoms with Crippen LogP contribution in [-0.2, 0) is 9.09 Å². The molecule has 8 heteroatoms. The average Bonchev–Trinajstić information content (AvgIpc) is 2.39. The number of nitrogens with zero attached hydrogens (tertiary/aromatic N) is 1. The molecule has 20 heavy (non-hydrogen) atoms. The molecule has 0 saturated heterocycles. The second kappa shape index (κ2) is 6.39. The van der Waals surface area contributed by atoms with Gasteiger partial charge < -0.3 is 19.6 Å². The lowest BCUT2D eigenvalue weighted by atomic mass is 10.1. The molecule has 0 bridgehead atoms. The van der Waals surface area contributed by atoms with Gasteiger partial charge in [-0.15, -0.1) is 0 Å². The lowest BCUT2D eigenvalue weighted by Crippen LogP contribution is -2.87. The standard InChI is InChI=1S/C12H17N2O4P.H2O/c1-4-18-10-7-5-6-9-11(19(15,16)17-3)8-14(2)13-12(9)10;/h5-8,13H,4H2,1-3H3,(H,15,16);1H2. The van der Waals surface area contributed by atoms with Crippen molar-refractivity contribution in [1.29, 1.82) is 0 Å². The topological polar surface area (TPSA) is 106 Å². The van der Waals surface area contributed by atoms with Crippen LogP contribution in [-0.4, -0.2) is 36.1 Å². The zero-order valence-electron chi connectivity index (χ0n) is 11.6. The van der Waals surface area contributed by atoms with E-state index in [0.29, 0.717) is 17.9 Å². The summed E-state index contributed by atoms with van der Waals surface area (Å²) in [6.07, 6.45) is 1.60. The molecule has 112 valence electrons. The smallest absolute Gasteiger partial charge is 0.361 e. The van der Waals surface area contributed by atoms with E-state index in [4.69, 9.17) is 9.26 Å². The zero-order valence-corrected chi connectivity index (χ0v) is 12.5. The predicted octanol–water partition coefficient (Wildman–Crippen LogP) is 1.09. The Morgan fingerprint density at radius 3 is 2.75 bits per heavy atom. The Kier molecular flexibility index (Phi) is 5.33. The molecule has 4 N–H and O–H groups in total. The Hall–Kier alpha value is -1.37. The minimum absolute atomic E-state index is 0. The maximum absolute atomic E-state index is 12.1. The van der Waals surface area contributed by atoms with Crippen LogP contribution in [0.15, 0.2) is 24.4 Å². The third-order valence-electron chi connectivity index (χ3n) is 2.85. The van der Waals surface area contributed by atoms with E-state index in [1.807, 2.05) is 18.4 Å². The van der Waals surface area contributed by atoms with Crippen molar-refractivity contribution in [2.45, 2.75) is 6.92 Å². The van der Waals surface area contributed by atoms with Gasteiger partial charge in [0.15, 0.2) is 5.75 Å². The van der Waals surface area contributed by atoms with Gasteiger partial charge in [0.2, 0.25) is 5.69 Å². The van der Waals surface area contributed by atoms with E-state index in [1.54, 1.807) is 30.4 Å². The fraction of sp³-hybridized carbons (Fsp3) is 0.333. The summed E-state index contributed by atoms with van der Waals surface area (Å²) in [7, 11) is -0.792. The summed E-state index contributed by atoms with van der Waals surface area (Å²) >= 11 is 0. The van der Waals surface area contributed by atoms with Gasteiger partial charge in [-0.3, -0.25) is 4.57 Å². The van der Waals surface area contributed by atoms with Gasteiger partial charge in [-0.1, -0.05) is 6.07 Å². The van der Waals surface area contributed by atoms with Gasteiger partial charge in [0, 0.05) is 7.11 Å². The molecule has 1 heterocycles. The van der Waals surface area contributed by atoms with E-state index < -0.39 is 7.60 Å². The van der Waals surface area contributed by atoms with Crippen molar-refractivity contribution < 1.29 is 29.6 Å². The van der Waals surface area contributed by atoms with Crippen LogP contribution in [0.3, 0.4) is 0 Å². The molecule has 0 saturated carbocycles. The highest BCUT2D eigenvalue weighted by molar-refractivity contribution is 7.64. The molecule has 0 amide bonds. The molecule has 0 aromatic heterocycles. The highest BCUT2D eigenvalue weighted by atomic mass is 31.2. The summed E-state index contributed by atoms with van der Waals surface area (Å²) in [6.45, 7) is 2.43. The van der Waals surface area contributed by atoms with Crippen molar-refractivity contribution in [3.63, 3.8) is 0 Å². The van der Waals surface area contributed by atoms with Crippen LogP contribution in [0, 0.1) is 0 Å². The summed E-state index contributed by atoms with van der Waals surface area (Å²) in [6, 6.07) is 5.42. The molecule has 0 aliphatic carbocycles. The first-order valence-electron chi connectivity index (χ1n) is 5.93. The van der Waals surface area contributed by atoms with E-state index in [9.17, 15) is 9.46 Å². The lowest BCUT2D eigenvalue weighted by Gasteiger charge is -2.25. The van der Waals surface area contributed by atoms with Gasteiger partial charge in [0.1, 0.15) is 0 Å². The molecule has 2 rings (SSSR count). The van der Waals surface area contributed by atoms with E-state index in [1.165, 1.54) is 7.11 Å². The number of rotatable bonds is 4. The number of nitrogens with two attached hydrogens (primary N) is 1. The van der Waals surface area contributed by atoms with E-state index in [0.717, 1.165) is 5.69 Å². The van der Waals surface area contributed by atoms with Gasteiger partial charge in [-0.25, -0.2) is 10.4 Å². The van der Waals surface area contributed by atoms with Crippen LogP contribution in [0.5, 0.6) is 5.75 Å². The Labute approximate surface area is 117 Å². The molecule has 0 radical (unpaired) electrons. The number of ether oxygens (including phenoxy) is 1. The number of benzene rings is 1. The van der Waals surface area contributed by atoms with Gasteiger partial charge in [0.05, 0.1) is 30.7 Å². The van der Waals surface area contributed by atoms with Crippen molar-refractivity contribution in [2.24, 2.45) is 0 Å². The molecule has 1 aliphatic rings. The summed E-state index contributed by atoms with van der Waals surface area (Å²) in [5.41, 5.74) is 3.31. The molecule has 0 fully saturated rings. The minimum Gasteiger partial charge on any atom is -0.870 e. The number of fused-ring (bicyclic) bond motifs is 1. The first-order chi connectivity index (χ1) is 8.99. The average molecular weight is 302 g/mol. The van der Waals surface area contributed by atoms with Crippen molar-refractivity contribution >= 4 is 18.6 Å². The van der Waals surface area contributed by atoms with Crippen molar-refractivity contribution in [2.75, 3.05) is 20.8 Å². The van der Waals surface area contributed by atoms with Crippen molar-refractivity contribution in [1.82, 2.24) is 5.01 Å². The van der Waals surface area contributed by atoms with Gasteiger partial charge >= 0.3 is 7.60 Å². The third kappa shape index (κ3) is 3.03.